The lowest BCUT2D eigenvalue weighted by atomic mass is 10.2. The Balaban J connectivity index is 1.46. The number of nitrogens with zero attached hydrogens (tertiary/aromatic N) is 4. The van der Waals surface area contributed by atoms with Crippen LogP contribution in [0.4, 0.5) is 0 Å². The molecule has 1 aromatic heterocycles. The van der Waals surface area contributed by atoms with E-state index in [-0.39, 0.29) is 19.1 Å². The molecular formula is C18H19N5O3. The van der Waals surface area contributed by atoms with Gasteiger partial charge in [-0.3, -0.25) is 4.79 Å². The zero-order valence-electron chi connectivity index (χ0n) is 14.3. The van der Waals surface area contributed by atoms with Gasteiger partial charge in [-0.05, 0) is 35.0 Å². The van der Waals surface area contributed by atoms with Crippen LogP contribution >= 0.6 is 0 Å². The maximum atomic E-state index is 12.0. The molecule has 1 heterocycles. The molecule has 0 saturated heterocycles. The number of rotatable bonds is 8. The highest BCUT2D eigenvalue weighted by molar-refractivity contribution is 5.75. The maximum Gasteiger partial charge on any atom is 0.243 e. The Kier molecular flexibility index (Phi) is 5.76. The summed E-state index contributed by atoms with van der Waals surface area (Å²) in [4.78, 5) is 13.3. The molecule has 8 heteroatoms. The van der Waals surface area contributed by atoms with E-state index < -0.39 is 0 Å². The normalized spacial score (nSPS) is 10.3. The summed E-state index contributed by atoms with van der Waals surface area (Å²) in [6.07, 6.45) is 0. The first-order chi connectivity index (χ1) is 12.7. The number of ether oxygens (including phenoxy) is 2. The molecule has 0 radical (unpaired) electrons. The minimum absolute atomic E-state index is 0.0116. The summed E-state index contributed by atoms with van der Waals surface area (Å²) in [7, 11) is 1.60. The van der Waals surface area contributed by atoms with Gasteiger partial charge in [0.05, 0.1) is 7.11 Å². The van der Waals surface area contributed by atoms with Crippen LogP contribution in [0.3, 0.4) is 0 Å². The highest BCUT2D eigenvalue weighted by atomic mass is 16.5. The predicted molar refractivity (Wildman–Crippen MR) is 93.4 cm³/mol. The first kappa shape index (κ1) is 17.4. The Morgan fingerprint density at radius 1 is 1.12 bits per heavy atom. The zero-order chi connectivity index (χ0) is 18.2. The van der Waals surface area contributed by atoms with Crippen LogP contribution < -0.4 is 14.8 Å². The third-order valence-corrected chi connectivity index (χ3v) is 3.51. The summed E-state index contributed by atoms with van der Waals surface area (Å²) < 4.78 is 10.7. The van der Waals surface area contributed by atoms with E-state index in [1.807, 2.05) is 54.6 Å². The number of aromatic nitrogens is 4. The molecule has 3 rings (SSSR count). The Labute approximate surface area is 150 Å². The average Bonchev–Trinajstić information content (AvgIpc) is 3.13. The minimum Gasteiger partial charge on any atom is -0.497 e. The Morgan fingerprint density at radius 2 is 1.92 bits per heavy atom. The van der Waals surface area contributed by atoms with Crippen molar-refractivity contribution in [1.82, 2.24) is 25.5 Å². The van der Waals surface area contributed by atoms with E-state index in [0.29, 0.717) is 12.4 Å². The van der Waals surface area contributed by atoms with Crippen molar-refractivity contribution in [3.05, 3.63) is 66.0 Å². The predicted octanol–water partition coefficient (Wildman–Crippen LogP) is 1.58. The molecule has 0 unspecified atom stereocenters. The van der Waals surface area contributed by atoms with Crippen LogP contribution in [0.15, 0.2) is 54.6 Å². The fourth-order valence-corrected chi connectivity index (χ4v) is 2.23. The van der Waals surface area contributed by atoms with E-state index in [1.165, 1.54) is 4.80 Å². The largest absolute Gasteiger partial charge is 0.497 e. The van der Waals surface area contributed by atoms with Crippen molar-refractivity contribution in [2.75, 3.05) is 7.11 Å². The number of para-hydroxylation sites is 1. The van der Waals surface area contributed by atoms with E-state index in [9.17, 15) is 4.79 Å². The molecule has 2 aromatic carbocycles. The molecule has 0 spiro atoms. The quantitative estimate of drug-likeness (QED) is 0.661. The standard InChI is InChI=1S/C18H19N5O3/c1-25-16-9-5-6-14(10-16)11-19-18(24)12-23-21-17(20-22-23)13-26-15-7-3-2-4-8-15/h2-10H,11-13H2,1H3,(H,19,24). The third-order valence-electron chi connectivity index (χ3n) is 3.51. The molecule has 1 N–H and O–H groups in total. The highest BCUT2D eigenvalue weighted by Gasteiger charge is 2.08. The van der Waals surface area contributed by atoms with Crippen LogP contribution in [0.2, 0.25) is 0 Å². The van der Waals surface area contributed by atoms with Gasteiger partial charge in [0.2, 0.25) is 11.7 Å². The van der Waals surface area contributed by atoms with Gasteiger partial charge < -0.3 is 14.8 Å². The topological polar surface area (TPSA) is 91.2 Å². The van der Waals surface area contributed by atoms with Crippen molar-refractivity contribution in [2.24, 2.45) is 0 Å². The number of amides is 1. The fourth-order valence-electron chi connectivity index (χ4n) is 2.23. The van der Waals surface area contributed by atoms with Gasteiger partial charge in [0, 0.05) is 6.54 Å². The SMILES string of the molecule is COc1cccc(CNC(=O)Cn2nnc(COc3ccccc3)n2)c1. The van der Waals surface area contributed by atoms with E-state index in [4.69, 9.17) is 9.47 Å². The van der Waals surface area contributed by atoms with Gasteiger partial charge in [-0.15, -0.1) is 10.2 Å². The molecule has 3 aromatic rings. The second-order valence-electron chi connectivity index (χ2n) is 5.47. The summed E-state index contributed by atoms with van der Waals surface area (Å²) in [5.74, 6) is 1.67. The van der Waals surface area contributed by atoms with Crippen molar-refractivity contribution in [3.63, 3.8) is 0 Å². The summed E-state index contributed by atoms with van der Waals surface area (Å²) in [6.45, 7) is 0.576. The molecule has 0 saturated carbocycles. The van der Waals surface area contributed by atoms with Gasteiger partial charge in [0.1, 0.15) is 18.0 Å². The second-order valence-corrected chi connectivity index (χ2v) is 5.47. The number of tetrazole rings is 1. The smallest absolute Gasteiger partial charge is 0.243 e. The van der Waals surface area contributed by atoms with E-state index in [0.717, 1.165) is 17.1 Å². The van der Waals surface area contributed by atoms with Gasteiger partial charge in [-0.25, -0.2) is 0 Å². The molecule has 1 amide bonds. The molecular weight excluding hydrogens is 334 g/mol. The minimum atomic E-state index is -0.208. The average molecular weight is 353 g/mol. The molecule has 0 atom stereocenters. The van der Waals surface area contributed by atoms with Crippen LogP contribution in [0.1, 0.15) is 11.4 Å². The molecule has 0 aliphatic rings. The van der Waals surface area contributed by atoms with Crippen molar-refractivity contribution in [2.45, 2.75) is 19.7 Å². The first-order valence-electron chi connectivity index (χ1n) is 8.07. The van der Waals surface area contributed by atoms with Gasteiger partial charge in [0.15, 0.2) is 6.61 Å². The summed E-state index contributed by atoms with van der Waals surface area (Å²) in [6, 6.07) is 16.9. The number of hydrogen-bond donors (Lipinski definition) is 1. The van der Waals surface area contributed by atoms with E-state index in [2.05, 4.69) is 20.7 Å². The summed E-state index contributed by atoms with van der Waals surface area (Å²) in [5, 5.41) is 14.7. The Bertz CT molecular complexity index is 851. The van der Waals surface area contributed by atoms with Crippen LogP contribution in [-0.4, -0.2) is 33.2 Å². The van der Waals surface area contributed by atoms with E-state index >= 15 is 0 Å². The molecule has 8 nitrogen and oxygen atoms in total. The Morgan fingerprint density at radius 3 is 2.73 bits per heavy atom. The number of nitrogens with one attached hydrogen (secondary N) is 1. The summed E-state index contributed by atoms with van der Waals surface area (Å²) >= 11 is 0. The molecule has 134 valence electrons. The maximum absolute atomic E-state index is 12.0. The van der Waals surface area contributed by atoms with Gasteiger partial charge in [0.25, 0.3) is 0 Å². The molecule has 26 heavy (non-hydrogen) atoms. The number of benzene rings is 2. The number of carbonyl (C=O) groups excluding carboxylic acids is 1. The van der Waals surface area contributed by atoms with E-state index in [1.54, 1.807) is 7.11 Å². The lowest BCUT2D eigenvalue weighted by Crippen LogP contribution is -2.28. The molecule has 0 bridgehead atoms. The second kappa shape index (κ2) is 8.61. The third kappa shape index (κ3) is 5.04. The molecule has 0 fully saturated rings. The van der Waals surface area contributed by atoms with Crippen LogP contribution in [0.5, 0.6) is 11.5 Å². The number of hydrogen-bond acceptors (Lipinski definition) is 6. The zero-order valence-corrected chi connectivity index (χ0v) is 14.3. The monoisotopic (exact) mass is 353 g/mol. The highest BCUT2D eigenvalue weighted by Crippen LogP contribution is 2.12. The number of carbonyl (C=O) groups is 1. The lowest BCUT2D eigenvalue weighted by molar-refractivity contribution is -0.122. The lowest BCUT2D eigenvalue weighted by Gasteiger charge is -2.06. The Hall–Kier alpha value is -3.42. The van der Waals surface area contributed by atoms with Gasteiger partial charge in [-0.1, -0.05) is 30.3 Å². The van der Waals surface area contributed by atoms with Crippen LogP contribution in [0, 0.1) is 0 Å². The van der Waals surface area contributed by atoms with Crippen molar-refractivity contribution in [3.8, 4) is 11.5 Å². The van der Waals surface area contributed by atoms with Gasteiger partial charge >= 0.3 is 0 Å². The van der Waals surface area contributed by atoms with Gasteiger partial charge in [-0.2, -0.15) is 4.80 Å². The van der Waals surface area contributed by atoms with Crippen LogP contribution in [-0.2, 0) is 24.5 Å². The fraction of sp³-hybridized carbons (Fsp3) is 0.222. The number of methoxy groups -OCH3 is 1. The summed E-state index contributed by atoms with van der Waals surface area (Å²) in [5.41, 5.74) is 0.946. The van der Waals surface area contributed by atoms with Crippen LogP contribution in [0.25, 0.3) is 0 Å². The molecule has 0 aliphatic heterocycles. The van der Waals surface area contributed by atoms with Crippen molar-refractivity contribution >= 4 is 5.91 Å². The van der Waals surface area contributed by atoms with Crippen molar-refractivity contribution in [1.29, 1.82) is 0 Å². The first-order valence-corrected chi connectivity index (χ1v) is 8.07. The van der Waals surface area contributed by atoms with Crippen molar-refractivity contribution < 1.29 is 14.3 Å². The molecule has 0 aliphatic carbocycles.